The molecule has 2 aromatic rings. The molecular formula is C21H24ClN3O5S. The van der Waals surface area contributed by atoms with Crippen LogP contribution in [-0.2, 0) is 26.0 Å². The summed E-state index contributed by atoms with van der Waals surface area (Å²) in [4.78, 5) is 23.7. The molecule has 0 radical (unpaired) electrons. The van der Waals surface area contributed by atoms with Crippen LogP contribution in [0.3, 0.4) is 0 Å². The molecule has 2 amide bonds. The summed E-state index contributed by atoms with van der Waals surface area (Å²) in [6.07, 6.45) is 1.25. The number of amides is 2. The number of sulfonamides is 1. The Labute approximate surface area is 186 Å². The second-order valence-electron chi connectivity index (χ2n) is 7.33. The van der Waals surface area contributed by atoms with E-state index in [0.717, 1.165) is 5.56 Å². The Bertz CT molecular complexity index is 1070. The predicted molar refractivity (Wildman–Crippen MR) is 117 cm³/mol. The molecule has 0 saturated carbocycles. The lowest BCUT2D eigenvalue weighted by molar-refractivity contribution is -0.121. The number of carbonyl (C=O) groups is 2. The van der Waals surface area contributed by atoms with Crippen molar-refractivity contribution < 1.29 is 22.7 Å². The molecule has 0 bridgehead atoms. The number of halogens is 1. The van der Waals surface area contributed by atoms with Gasteiger partial charge >= 0.3 is 0 Å². The minimum atomic E-state index is -3.88. The summed E-state index contributed by atoms with van der Waals surface area (Å²) in [5.41, 5.74) is 6.49. The number of rotatable bonds is 7. The minimum absolute atomic E-state index is 0.0198. The van der Waals surface area contributed by atoms with Crippen LogP contribution in [0.2, 0.25) is 5.02 Å². The van der Waals surface area contributed by atoms with E-state index < -0.39 is 21.8 Å². The molecule has 10 heteroatoms. The topological polar surface area (TPSA) is 119 Å². The van der Waals surface area contributed by atoms with Gasteiger partial charge in [-0.1, -0.05) is 23.7 Å². The molecule has 31 heavy (non-hydrogen) atoms. The molecule has 1 heterocycles. The maximum Gasteiger partial charge on any atom is 0.246 e. The highest BCUT2D eigenvalue weighted by molar-refractivity contribution is 7.89. The number of carbonyl (C=O) groups excluding carboxylic acids is 2. The van der Waals surface area contributed by atoms with Crippen LogP contribution in [0, 0.1) is 5.92 Å². The predicted octanol–water partition coefficient (Wildman–Crippen LogP) is 2.42. The first-order chi connectivity index (χ1) is 14.7. The molecule has 0 aromatic heterocycles. The Hall–Kier alpha value is -2.62. The number of nitrogens with two attached hydrogens (primary N) is 1. The van der Waals surface area contributed by atoms with Gasteiger partial charge in [-0.3, -0.25) is 9.59 Å². The Morgan fingerprint density at radius 3 is 2.58 bits per heavy atom. The van der Waals surface area contributed by atoms with Crippen LogP contribution in [0.5, 0.6) is 5.75 Å². The van der Waals surface area contributed by atoms with Gasteiger partial charge in [-0.2, -0.15) is 4.31 Å². The first-order valence-corrected chi connectivity index (χ1v) is 11.5. The fourth-order valence-electron chi connectivity index (χ4n) is 3.52. The highest BCUT2D eigenvalue weighted by atomic mass is 35.5. The average molecular weight is 466 g/mol. The number of hydrogen-bond acceptors (Lipinski definition) is 5. The van der Waals surface area contributed by atoms with Gasteiger partial charge in [0, 0.05) is 23.8 Å². The zero-order valence-electron chi connectivity index (χ0n) is 17.0. The molecule has 1 saturated heterocycles. The third kappa shape index (κ3) is 5.55. The van der Waals surface area contributed by atoms with E-state index in [9.17, 15) is 18.0 Å². The normalized spacial score (nSPS) is 17.2. The van der Waals surface area contributed by atoms with E-state index in [1.165, 1.54) is 23.5 Å². The SMILES string of the molecule is COc1ccc(Cl)cc1S(=O)(=O)N1CCC[C@@H](C(=O)Nc2ccc(CC(N)=O)cc2)C1. The zero-order chi connectivity index (χ0) is 22.6. The lowest BCUT2D eigenvalue weighted by atomic mass is 9.98. The Balaban J connectivity index is 1.72. The number of ether oxygens (including phenoxy) is 1. The first kappa shape index (κ1) is 23.1. The van der Waals surface area contributed by atoms with Gasteiger partial charge < -0.3 is 15.8 Å². The van der Waals surface area contributed by atoms with Gasteiger partial charge in [-0.15, -0.1) is 0 Å². The van der Waals surface area contributed by atoms with Crippen LogP contribution in [0.1, 0.15) is 18.4 Å². The molecule has 0 aliphatic carbocycles. The summed E-state index contributed by atoms with van der Waals surface area (Å²) in [5, 5.41) is 3.10. The summed E-state index contributed by atoms with van der Waals surface area (Å²) in [7, 11) is -2.49. The monoisotopic (exact) mass is 465 g/mol. The van der Waals surface area contributed by atoms with Crippen molar-refractivity contribution in [2.75, 3.05) is 25.5 Å². The van der Waals surface area contributed by atoms with Crippen molar-refractivity contribution in [3.63, 3.8) is 0 Å². The third-order valence-electron chi connectivity index (χ3n) is 5.10. The second kappa shape index (κ2) is 9.67. The van der Waals surface area contributed by atoms with Gasteiger partial charge in [0.2, 0.25) is 21.8 Å². The molecule has 166 valence electrons. The Morgan fingerprint density at radius 2 is 1.94 bits per heavy atom. The molecule has 8 nitrogen and oxygen atoms in total. The van der Waals surface area contributed by atoms with Crippen LogP contribution in [0.4, 0.5) is 5.69 Å². The van der Waals surface area contributed by atoms with Gasteiger partial charge in [0.05, 0.1) is 19.4 Å². The van der Waals surface area contributed by atoms with Crippen molar-refractivity contribution in [3.05, 3.63) is 53.1 Å². The van der Waals surface area contributed by atoms with Gasteiger partial charge in [-0.05, 0) is 48.7 Å². The smallest absolute Gasteiger partial charge is 0.246 e. The number of nitrogens with zero attached hydrogens (tertiary/aromatic N) is 1. The van der Waals surface area contributed by atoms with E-state index in [2.05, 4.69) is 5.32 Å². The molecular weight excluding hydrogens is 442 g/mol. The maximum absolute atomic E-state index is 13.2. The molecule has 3 N–H and O–H groups in total. The van der Waals surface area contributed by atoms with Crippen molar-refractivity contribution in [2.24, 2.45) is 11.7 Å². The molecule has 1 fully saturated rings. The van der Waals surface area contributed by atoms with Gasteiger partial charge in [0.1, 0.15) is 10.6 Å². The van der Waals surface area contributed by atoms with E-state index in [0.29, 0.717) is 25.1 Å². The summed E-state index contributed by atoms with van der Waals surface area (Å²) in [5.74, 6) is -0.997. The van der Waals surface area contributed by atoms with Crippen LogP contribution >= 0.6 is 11.6 Å². The van der Waals surface area contributed by atoms with Crippen LogP contribution in [-0.4, -0.2) is 44.7 Å². The van der Waals surface area contributed by atoms with Crippen molar-refractivity contribution in [3.8, 4) is 5.75 Å². The van der Waals surface area contributed by atoms with Crippen molar-refractivity contribution in [1.82, 2.24) is 4.31 Å². The van der Waals surface area contributed by atoms with Crippen LogP contribution in [0.15, 0.2) is 47.4 Å². The van der Waals surface area contributed by atoms with Crippen LogP contribution < -0.4 is 15.8 Å². The number of hydrogen-bond donors (Lipinski definition) is 2. The Morgan fingerprint density at radius 1 is 1.23 bits per heavy atom. The molecule has 1 aliphatic rings. The van der Waals surface area contributed by atoms with Crippen molar-refractivity contribution in [1.29, 1.82) is 0 Å². The van der Waals surface area contributed by atoms with E-state index in [1.54, 1.807) is 30.3 Å². The summed E-state index contributed by atoms with van der Waals surface area (Å²) < 4.78 is 32.9. The molecule has 1 atom stereocenters. The lowest BCUT2D eigenvalue weighted by Gasteiger charge is -2.31. The van der Waals surface area contributed by atoms with E-state index >= 15 is 0 Å². The average Bonchev–Trinajstić information content (AvgIpc) is 2.74. The van der Waals surface area contributed by atoms with Crippen molar-refractivity contribution >= 4 is 39.1 Å². The quantitative estimate of drug-likeness (QED) is 0.650. The highest BCUT2D eigenvalue weighted by Crippen LogP contribution is 2.32. The molecule has 2 aromatic carbocycles. The molecule has 0 spiro atoms. The second-order valence-corrected chi connectivity index (χ2v) is 9.67. The first-order valence-electron chi connectivity index (χ1n) is 9.72. The lowest BCUT2D eigenvalue weighted by Crippen LogP contribution is -2.43. The standard InChI is InChI=1S/C21H24ClN3O5S/c1-30-18-9-6-16(22)12-19(18)31(28,29)25-10-2-3-15(13-25)21(27)24-17-7-4-14(5-8-17)11-20(23)26/h4-9,12,15H,2-3,10-11,13H2,1H3,(H2,23,26)(H,24,27)/t15-/m1/s1. The summed E-state index contributed by atoms with van der Waals surface area (Å²) in [6.45, 7) is 0.368. The third-order valence-corrected chi connectivity index (χ3v) is 7.22. The summed E-state index contributed by atoms with van der Waals surface area (Å²) in [6, 6.07) is 11.2. The fourth-order valence-corrected chi connectivity index (χ4v) is 5.46. The number of methoxy groups -OCH3 is 1. The summed E-state index contributed by atoms with van der Waals surface area (Å²) >= 11 is 6.00. The fraction of sp³-hybridized carbons (Fsp3) is 0.333. The van der Waals surface area contributed by atoms with Gasteiger partial charge in [-0.25, -0.2) is 8.42 Å². The van der Waals surface area contributed by atoms with Gasteiger partial charge in [0.15, 0.2) is 0 Å². The number of primary amides is 1. The van der Waals surface area contributed by atoms with E-state index in [1.807, 2.05) is 0 Å². The Kier molecular flexibility index (Phi) is 7.19. The van der Waals surface area contributed by atoms with E-state index in [4.69, 9.17) is 22.1 Å². The van der Waals surface area contributed by atoms with E-state index in [-0.39, 0.29) is 34.5 Å². The van der Waals surface area contributed by atoms with Crippen molar-refractivity contribution in [2.45, 2.75) is 24.2 Å². The largest absolute Gasteiger partial charge is 0.495 e. The molecule has 3 rings (SSSR count). The number of nitrogens with one attached hydrogen (secondary N) is 1. The van der Waals surface area contributed by atoms with Gasteiger partial charge in [0.25, 0.3) is 0 Å². The molecule has 0 unspecified atom stereocenters. The number of anilines is 1. The number of benzene rings is 2. The molecule has 1 aliphatic heterocycles. The van der Waals surface area contributed by atoms with Crippen LogP contribution in [0.25, 0.3) is 0 Å². The maximum atomic E-state index is 13.2. The highest BCUT2D eigenvalue weighted by Gasteiger charge is 2.35. The number of piperidine rings is 1. The zero-order valence-corrected chi connectivity index (χ0v) is 18.6. The minimum Gasteiger partial charge on any atom is -0.495 e.